The zero-order valence-electron chi connectivity index (χ0n) is 7.51. The fourth-order valence-electron chi connectivity index (χ4n) is 1.15. The standard InChI is InChI=1S/C10H11N3/c1-2-9-7-12-10(8-11-9)13-5-3-4-6-13/h3-8H,2H2,1H3. The molecule has 0 aliphatic heterocycles. The molecular formula is C10H11N3. The van der Waals surface area contributed by atoms with E-state index in [1.807, 2.05) is 35.3 Å². The van der Waals surface area contributed by atoms with E-state index in [1.54, 1.807) is 6.20 Å². The smallest absolute Gasteiger partial charge is 0.155 e. The highest BCUT2D eigenvalue weighted by atomic mass is 15.0. The molecule has 2 aromatic rings. The van der Waals surface area contributed by atoms with Crippen LogP contribution in [0.4, 0.5) is 0 Å². The molecule has 13 heavy (non-hydrogen) atoms. The van der Waals surface area contributed by atoms with Crippen LogP contribution in [0.2, 0.25) is 0 Å². The van der Waals surface area contributed by atoms with E-state index in [2.05, 4.69) is 16.9 Å². The predicted octanol–water partition coefficient (Wildman–Crippen LogP) is 1.83. The van der Waals surface area contributed by atoms with Crippen molar-refractivity contribution >= 4 is 0 Å². The van der Waals surface area contributed by atoms with E-state index in [-0.39, 0.29) is 0 Å². The first-order valence-corrected chi connectivity index (χ1v) is 4.34. The Balaban J connectivity index is 2.33. The predicted molar refractivity (Wildman–Crippen MR) is 50.7 cm³/mol. The molecule has 2 aromatic heterocycles. The molecule has 0 fully saturated rings. The molecule has 0 radical (unpaired) electrons. The summed E-state index contributed by atoms with van der Waals surface area (Å²) in [4.78, 5) is 8.56. The fraction of sp³-hybridized carbons (Fsp3) is 0.200. The van der Waals surface area contributed by atoms with Crippen LogP contribution in [0.15, 0.2) is 36.9 Å². The Labute approximate surface area is 77.1 Å². The highest BCUT2D eigenvalue weighted by Crippen LogP contribution is 2.03. The Bertz CT molecular complexity index is 362. The minimum atomic E-state index is 0.863. The van der Waals surface area contributed by atoms with E-state index in [9.17, 15) is 0 Å². The normalized spacial score (nSPS) is 10.2. The SMILES string of the molecule is CCc1cnc(-n2cccc2)cn1. The Morgan fingerprint density at radius 1 is 1.15 bits per heavy atom. The summed E-state index contributed by atoms with van der Waals surface area (Å²) in [6, 6.07) is 3.94. The highest BCUT2D eigenvalue weighted by molar-refractivity contribution is 5.20. The van der Waals surface area contributed by atoms with Crippen LogP contribution in [0, 0.1) is 0 Å². The third-order valence-electron chi connectivity index (χ3n) is 1.92. The van der Waals surface area contributed by atoms with Gasteiger partial charge in [-0.25, -0.2) is 4.98 Å². The number of nitrogens with zero attached hydrogens (tertiary/aromatic N) is 3. The van der Waals surface area contributed by atoms with Crippen molar-refractivity contribution < 1.29 is 0 Å². The summed E-state index contributed by atoms with van der Waals surface area (Å²) in [6.45, 7) is 2.07. The lowest BCUT2D eigenvalue weighted by Crippen LogP contribution is -1.97. The van der Waals surface area contributed by atoms with Crippen LogP contribution in [0.3, 0.4) is 0 Å². The van der Waals surface area contributed by atoms with Crippen LogP contribution in [-0.4, -0.2) is 14.5 Å². The molecule has 0 amide bonds. The average molecular weight is 173 g/mol. The first-order valence-electron chi connectivity index (χ1n) is 4.34. The molecule has 66 valence electrons. The average Bonchev–Trinajstić information content (AvgIpc) is 2.71. The third-order valence-corrected chi connectivity index (χ3v) is 1.92. The van der Waals surface area contributed by atoms with Gasteiger partial charge in [0, 0.05) is 12.4 Å². The van der Waals surface area contributed by atoms with E-state index in [0.717, 1.165) is 17.9 Å². The fourth-order valence-corrected chi connectivity index (χ4v) is 1.15. The van der Waals surface area contributed by atoms with Crippen molar-refractivity contribution in [2.75, 3.05) is 0 Å². The van der Waals surface area contributed by atoms with Crippen LogP contribution in [0.1, 0.15) is 12.6 Å². The number of aromatic nitrogens is 3. The molecule has 2 heterocycles. The monoisotopic (exact) mass is 173 g/mol. The number of hydrogen-bond acceptors (Lipinski definition) is 2. The van der Waals surface area contributed by atoms with E-state index >= 15 is 0 Å². The van der Waals surface area contributed by atoms with Crippen LogP contribution in [0.25, 0.3) is 5.82 Å². The summed E-state index contributed by atoms with van der Waals surface area (Å²) < 4.78 is 1.94. The lowest BCUT2D eigenvalue weighted by molar-refractivity contribution is 0.934. The second-order valence-corrected chi connectivity index (χ2v) is 2.81. The topological polar surface area (TPSA) is 30.7 Å². The van der Waals surface area contributed by atoms with Crippen molar-refractivity contribution in [2.45, 2.75) is 13.3 Å². The van der Waals surface area contributed by atoms with Crippen LogP contribution < -0.4 is 0 Å². The maximum absolute atomic E-state index is 4.29. The first-order chi connectivity index (χ1) is 6.40. The maximum atomic E-state index is 4.29. The number of rotatable bonds is 2. The van der Waals surface area contributed by atoms with Gasteiger partial charge in [0.25, 0.3) is 0 Å². The lowest BCUT2D eigenvalue weighted by atomic mass is 10.3. The van der Waals surface area contributed by atoms with Gasteiger partial charge in [-0.15, -0.1) is 0 Å². The first kappa shape index (κ1) is 7.98. The Kier molecular flexibility index (Phi) is 2.08. The summed E-state index contributed by atoms with van der Waals surface area (Å²) >= 11 is 0. The molecule has 0 atom stereocenters. The summed E-state index contributed by atoms with van der Waals surface area (Å²) in [5, 5.41) is 0. The van der Waals surface area contributed by atoms with Crippen molar-refractivity contribution in [2.24, 2.45) is 0 Å². The molecule has 0 unspecified atom stereocenters. The number of hydrogen-bond donors (Lipinski definition) is 0. The molecule has 0 aromatic carbocycles. The number of aryl methyl sites for hydroxylation is 1. The molecule has 0 saturated carbocycles. The van der Waals surface area contributed by atoms with Crippen molar-refractivity contribution in [3.63, 3.8) is 0 Å². The summed E-state index contributed by atoms with van der Waals surface area (Å²) in [5.74, 6) is 0.863. The second-order valence-electron chi connectivity index (χ2n) is 2.81. The van der Waals surface area contributed by atoms with Gasteiger partial charge >= 0.3 is 0 Å². The third kappa shape index (κ3) is 1.59. The largest absolute Gasteiger partial charge is 0.307 e. The molecule has 0 spiro atoms. The highest BCUT2D eigenvalue weighted by Gasteiger charge is 1.96. The van der Waals surface area contributed by atoms with Crippen molar-refractivity contribution in [3.8, 4) is 5.82 Å². The van der Waals surface area contributed by atoms with Gasteiger partial charge in [-0.3, -0.25) is 4.98 Å². The summed E-state index contributed by atoms with van der Waals surface area (Å²) in [5.41, 5.74) is 1.02. The molecule has 0 bridgehead atoms. The van der Waals surface area contributed by atoms with Crippen LogP contribution >= 0.6 is 0 Å². The van der Waals surface area contributed by atoms with Crippen LogP contribution in [0.5, 0.6) is 0 Å². The van der Waals surface area contributed by atoms with Gasteiger partial charge in [-0.1, -0.05) is 6.92 Å². The summed E-state index contributed by atoms with van der Waals surface area (Å²) in [7, 11) is 0. The van der Waals surface area contributed by atoms with Gasteiger partial charge < -0.3 is 4.57 Å². The zero-order chi connectivity index (χ0) is 9.10. The zero-order valence-corrected chi connectivity index (χ0v) is 7.51. The minimum absolute atomic E-state index is 0.863. The van der Waals surface area contributed by atoms with Gasteiger partial charge in [0.15, 0.2) is 5.82 Å². The second kappa shape index (κ2) is 3.39. The van der Waals surface area contributed by atoms with Crippen molar-refractivity contribution in [3.05, 3.63) is 42.6 Å². The van der Waals surface area contributed by atoms with Gasteiger partial charge in [0.2, 0.25) is 0 Å². The Morgan fingerprint density at radius 3 is 2.46 bits per heavy atom. The van der Waals surface area contributed by atoms with E-state index in [1.165, 1.54) is 0 Å². The van der Waals surface area contributed by atoms with Gasteiger partial charge in [-0.2, -0.15) is 0 Å². The Morgan fingerprint density at radius 2 is 1.92 bits per heavy atom. The molecule has 0 saturated heterocycles. The molecular weight excluding hydrogens is 162 g/mol. The molecule has 3 nitrogen and oxygen atoms in total. The van der Waals surface area contributed by atoms with Gasteiger partial charge in [0.05, 0.1) is 18.1 Å². The summed E-state index contributed by atoms with van der Waals surface area (Å²) in [6.07, 6.45) is 8.44. The molecule has 3 heteroatoms. The van der Waals surface area contributed by atoms with Gasteiger partial charge in [0.1, 0.15) is 0 Å². The lowest BCUT2D eigenvalue weighted by Gasteiger charge is -2.01. The molecule has 0 N–H and O–H groups in total. The van der Waals surface area contributed by atoms with E-state index in [0.29, 0.717) is 0 Å². The molecule has 0 aliphatic carbocycles. The van der Waals surface area contributed by atoms with Gasteiger partial charge in [-0.05, 0) is 18.6 Å². The molecule has 0 aliphatic rings. The molecule has 2 rings (SSSR count). The van der Waals surface area contributed by atoms with E-state index < -0.39 is 0 Å². The quantitative estimate of drug-likeness (QED) is 0.693. The maximum Gasteiger partial charge on any atom is 0.155 e. The van der Waals surface area contributed by atoms with Crippen LogP contribution in [-0.2, 0) is 6.42 Å². The Hall–Kier alpha value is -1.64. The van der Waals surface area contributed by atoms with Crippen molar-refractivity contribution in [1.82, 2.24) is 14.5 Å². The van der Waals surface area contributed by atoms with E-state index in [4.69, 9.17) is 0 Å². The van der Waals surface area contributed by atoms with Crippen molar-refractivity contribution in [1.29, 1.82) is 0 Å². The minimum Gasteiger partial charge on any atom is -0.307 e.